The third-order valence-corrected chi connectivity index (χ3v) is 4.06. The van der Waals surface area contributed by atoms with Crippen molar-refractivity contribution in [2.24, 2.45) is 0 Å². The summed E-state index contributed by atoms with van der Waals surface area (Å²) >= 11 is 0. The first-order valence-corrected chi connectivity index (χ1v) is 9.24. The summed E-state index contributed by atoms with van der Waals surface area (Å²) in [6.07, 6.45) is 23.8. The van der Waals surface area contributed by atoms with Crippen LogP contribution < -0.4 is 0 Å². The summed E-state index contributed by atoms with van der Waals surface area (Å²) in [6.45, 7) is 2.26. The van der Waals surface area contributed by atoms with Gasteiger partial charge in [0, 0.05) is 0 Å². The number of aliphatic carboxylic acids is 1. The Morgan fingerprint density at radius 2 is 1.50 bits per heavy atom. The molecule has 1 aliphatic heterocycles. The fraction of sp³-hybridized carbons (Fsp3) is 0.650. The minimum Gasteiger partial charge on any atom is -1.00 e. The summed E-state index contributed by atoms with van der Waals surface area (Å²) in [7, 11) is 0. The molecular weight excluding hydrogens is 313 g/mol. The van der Waals surface area contributed by atoms with E-state index in [1.807, 2.05) is 12.2 Å². The number of hydrogen-bond acceptors (Lipinski definition) is 2. The number of unbranched alkanes of at least 4 members (excludes halogenated alkanes) is 11. The van der Waals surface area contributed by atoms with Crippen molar-refractivity contribution in [2.45, 2.75) is 84.0 Å². The van der Waals surface area contributed by atoms with Gasteiger partial charge >= 0.3 is 29.0 Å². The number of allylic oxidation sites excluding steroid dienone is 4. The predicted octanol–water partition coefficient (Wildman–Crippen LogP) is 5.97. The quantitative estimate of drug-likeness (QED) is 0.226. The smallest absolute Gasteiger partial charge is 1.00 e. The van der Waals surface area contributed by atoms with Crippen LogP contribution in [0.1, 0.15) is 86.8 Å². The van der Waals surface area contributed by atoms with E-state index in [0.29, 0.717) is 5.76 Å². The molecule has 1 heterocycles. The molecule has 0 amide bonds. The molecule has 0 saturated carbocycles. The molecule has 0 radical (unpaired) electrons. The van der Waals surface area contributed by atoms with Gasteiger partial charge in [0.15, 0.2) is 5.76 Å². The Balaban J connectivity index is -0.00000176. The average molecular weight is 347 g/mol. The van der Waals surface area contributed by atoms with Crippen LogP contribution in [-0.4, -0.2) is 34.1 Å². The molecular formula is C20H34MgO3. The van der Waals surface area contributed by atoms with Gasteiger partial charge in [-0.3, -0.25) is 0 Å². The molecule has 1 rings (SSSR count). The van der Waals surface area contributed by atoms with E-state index >= 15 is 0 Å². The van der Waals surface area contributed by atoms with E-state index in [1.54, 1.807) is 6.08 Å². The van der Waals surface area contributed by atoms with E-state index in [0.717, 1.165) is 6.42 Å². The van der Waals surface area contributed by atoms with E-state index in [2.05, 4.69) is 13.0 Å². The van der Waals surface area contributed by atoms with Crippen molar-refractivity contribution in [1.82, 2.24) is 0 Å². The van der Waals surface area contributed by atoms with Crippen LogP contribution in [0.15, 0.2) is 35.8 Å². The Morgan fingerprint density at radius 1 is 0.958 bits per heavy atom. The van der Waals surface area contributed by atoms with E-state index in [9.17, 15) is 4.79 Å². The van der Waals surface area contributed by atoms with Gasteiger partial charge in [0.1, 0.15) is 0 Å². The SMILES string of the molecule is CCCCCCCCCCCCCC=CC=CC1=C(C(=O)O)O1.[H-].[H-].[Mg+2]. The summed E-state index contributed by atoms with van der Waals surface area (Å²) in [5.41, 5.74) is 0. The normalized spacial score (nSPS) is 13.4. The van der Waals surface area contributed by atoms with Crippen molar-refractivity contribution < 1.29 is 17.5 Å². The van der Waals surface area contributed by atoms with Gasteiger partial charge in [0.05, 0.1) is 0 Å². The van der Waals surface area contributed by atoms with Crippen molar-refractivity contribution in [2.75, 3.05) is 0 Å². The van der Waals surface area contributed by atoms with Gasteiger partial charge in [-0.25, -0.2) is 4.79 Å². The first-order chi connectivity index (χ1) is 11.3. The second kappa shape index (κ2) is 15.8. The summed E-state index contributed by atoms with van der Waals surface area (Å²) in [5.74, 6) is -0.452. The van der Waals surface area contributed by atoms with E-state index in [-0.39, 0.29) is 31.7 Å². The molecule has 24 heavy (non-hydrogen) atoms. The molecule has 0 bridgehead atoms. The van der Waals surface area contributed by atoms with Gasteiger partial charge in [-0.2, -0.15) is 0 Å². The van der Waals surface area contributed by atoms with Gasteiger partial charge < -0.3 is 12.7 Å². The molecule has 1 N–H and O–H groups in total. The maximum atomic E-state index is 10.5. The first kappa shape index (κ1) is 23.3. The second-order valence-electron chi connectivity index (χ2n) is 6.21. The molecule has 0 aromatic rings. The maximum Gasteiger partial charge on any atom is 2.00 e. The zero-order valence-electron chi connectivity index (χ0n) is 17.3. The summed E-state index contributed by atoms with van der Waals surface area (Å²) in [5, 5.41) is 8.61. The Morgan fingerprint density at radius 3 is 2.00 bits per heavy atom. The van der Waals surface area contributed by atoms with Crippen molar-refractivity contribution in [3.05, 3.63) is 35.8 Å². The fourth-order valence-electron chi connectivity index (χ4n) is 2.59. The van der Waals surface area contributed by atoms with Crippen LogP contribution in [0.2, 0.25) is 0 Å². The Labute approximate surface area is 166 Å². The van der Waals surface area contributed by atoms with Crippen molar-refractivity contribution in [3.63, 3.8) is 0 Å². The molecule has 0 saturated heterocycles. The molecule has 3 nitrogen and oxygen atoms in total. The van der Waals surface area contributed by atoms with Crippen molar-refractivity contribution >= 4 is 29.0 Å². The molecule has 0 aromatic heterocycles. The molecule has 134 valence electrons. The van der Waals surface area contributed by atoms with E-state index in [4.69, 9.17) is 9.84 Å². The van der Waals surface area contributed by atoms with E-state index < -0.39 is 5.97 Å². The number of carboxylic acid groups (broad SMARTS) is 1. The number of carboxylic acids is 1. The van der Waals surface area contributed by atoms with E-state index in [1.165, 1.54) is 70.6 Å². The minimum absolute atomic E-state index is 0. The van der Waals surface area contributed by atoms with Crippen LogP contribution >= 0.6 is 0 Å². The van der Waals surface area contributed by atoms with Crippen LogP contribution in [0.25, 0.3) is 0 Å². The number of hydrogen-bond donors (Lipinski definition) is 1. The Bertz CT molecular complexity index is 435. The fourth-order valence-corrected chi connectivity index (χ4v) is 2.59. The first-order valence-electron chi connectivity index (χ1n) is 9.24. The zero-order valence-corrected chi connectivity index (χ0v) is 16.7. The number of ether oxygens (including phenoxy) is 1. The largest absolute Gasteiger partial charge is 2.00 e. The third-order valence-electron chi connectivity index (χ3n) is 4.06. The third kappa shape index (κ3) is 12.7. The van der Waals surface area contributed by atoms with Crippen LogP contribution in [0.3, 0.4) is 0 Å². The van der Waals surface area contributed by atoms with Gasteiger partial charge in [-0.05, 0) is 18.9 Å². The molecule has 0 unspecified atom stereocenters. The van der Waals surface area contributed by atoms with Gasteiger partial charge in [0.2, 0.25) is 0 Å². The average Bonchev–Trinajstić information content (AvgIpc) is 3.31. The van der Waals surface area contributed by atoms with Gasteiger partial charge in [-0.15, -0.1) is 0 Å². The minimum atomic E-state index is -0.991. The van der Waals surface area contributed by atoms with Crippen LogP contribution in [-0.2, 0) is 9.53 Å². The number of carbonyl (C=O) groups is 1. The molecule has 0 aliphatic carbocycles. The van der Waals surface area contributed by atoms with Crippen molar-refractivity contribution in [1.29, 1.82) is 0 Å². The molecule has 0 fully saturated rings. The van der Waals surface area contributed by atoms with Crippen LogP contribution in [0, 0.1) is 0 Å². The van der Waals surface area contributed by atoms with Gasteiger partial charge in [0.25, 0.3) is 5.76 Å². The maximum absolute atomic E-state index is 10.5. The van der Waals surface area contributed by atoms with Gasteiger partial charge in [-0.1, -0.05) is 89.4 Å². The summed E-state index contributed by atoms with van der Waals surface area (Å²) < 4.78 is 4.81. The van der Waals surface area contributed by atoms with Crippen LogP contribution in [0.5, 0.6) is 0 Å². The molecule has 0 spiro atoms. The molecule has 0 atom stereocenters. The van der Waals surface area contributed by atoms with Crippen molar-refractivity contribution in [3.8, 4) is 0 Å². The second-order valence-corrected chi connectivity index (χ2v) is 6.21. The molecule has 1 aliphatic rings. The topological polar surface area (TPSA) is 49.8 Å². The predicted molar refractivity (Wildman–Crippen MR) is 103 cm³/mol. The monoisotopic (exact) mass is 346 g/mol. The van der Waals surface area contributed by atoms with Crippen LogP contribution in [0.4, 0.5) is 0 Å². The zero-order chi connectivity index (χ0) is 16.8. The number of rotatable bonds is 15. The Kier molecular flexibility index (Phi) is 15.3. The molecule has 4 heteroatoms. The summed E-state index contributed by atoms with van der Waals surface area (Å²) in [6, 6.07) is 0. The Hall–Kier alpha value is -0.744. The summed E-state index contributed by atoms with van der Waals surface area (Å²) in [4.78, 5) is 10.5. The molecule has 0 aromatic carbocycles. The standard InChI is InChI=1S/C20H32O3.Mg.2H/c1-2-3-4-5-6-7-8-9-10-11-12-13-14-15-16-17-18-19(23-18)20(21)22;;;/h14-17H,2-13H2,1H3,(H,21,22);;;/q;+2;2*-1.